The lowest BCUT2D eigenvalue weighted by atomic mass is 10.0. The summed E-state index contributed by atoms with van der Waals surface area (Å²) in [4.78, 5) is 16.9. The van der Waals surface area contributed by atoms with Gasteiger partial charge in [-0.2, -0.15) is 0 Å². The van der Waals surface area contributed by atoms with E-state index in [2.05, 4.69) is 4.98 Å². The summed E-state index contributed by atoms with van der Waals surface area (Å²) < 4.78 is 23.4. The lowest BCUT2D eigenvalue weighted by Crippen LogP contribution is -2.45. The standard InChI is InChI=1S/C19H23NO3S/c1-14(2)24(22,23)19(3,4)18(21)12-15-10-11-17(20-13-15)16-8-6-5-7-9-16/h5-11,13-14H,12H2,1-4H3. The summed E-state index contributed by atoms with van der Waals surface area (Å²) in [6, 6.07) is 13.4. The minimum Gasteiger partial charge on any atom is -0.298 e. The molecule has 1 heterocycles. The fraction of sp³-hybridized carbons (Fsp3) is 0.368. The van der Waals surface area contributed by atoms with Crippen LogP contribution in [0.2, 0.25) is 0 Å². The number of aromatic nitrogens is 1. The molecule has 2 rings (SSSR count). The number of benzene rings is 1. The van der Waals surface area contributed by atoms with Gasteiger partial charge in [-0.05, 0) is 39.3 Å². The van der Waals surface area contributed by atoms with Gasteiger partial charge in [-0.15, -0.1) is 0 Å². The zero-order chi connectivity index (χ0) is 18.0. The number of Topliss-reactive ketones (excluding diaryl/α,β-unsaturated/α-hetero) is 1. The van der Waals surface area contributed by atoms with E-state index in [4.69, 9.17) is 0 Å². The highest BCUT2D eigenvalue weighted by molar-refractivity contribution is 7.94. The highest BCUT2D eigenvalue weighted by Crippen LogP contribution is 2.24. The molecule has 128 valence electrons. The van der Waals surface area contributed by atoms with Crippen LogP contribution in [0.25, 0.3) is 11.3 Å². The molecular formula is C19H23NO3S. The molecule has 1 aromatic heterocycles. The Morgan fingerprint density at radius 2 is 1.71 bits per heavy atom. The van der Waals surface area contributed by atoms with Crippen LogP contribution in [0, 0.1) is 0 Å². The largest absolute Gasteiger partial charge is 0.298 e. The first-order chi connectivity index (χ1) is 11.2. The van der Waals surface area contributed by atoms with Crippen molar-refractivity contribution in [1.82, 2.24) is 4.98 Å². The highest BCUT2D eigenvalue weighted by atomic mass is 32.2. The Kier molecular flexibility index (Phi) is 5.23. The number of carbonyl (C=O) groups excluding carboxylic acids is 1. The summed E-state index contributed by atoms with van der Waals surface area (Å²) in [5.74, 6) is -0.314. The van der Waals surface area contributed by atoms with Crippen molar-refractivity contribution in [3.63, 3.8) is 0 Å². The Balaban J connectivity index is 2.18. The summed E-state index contributed by atoms with van der Waals surface area (Å²) >= 11 is 0. The van der Waals surface area contributed by atoms with Gasteiger partial charge < -0.3 is 0 Å². The van der Waals surface area contributed by atoms with Crippen molar-refractivity contribution in [1.29, 1.82) is 0 Å². The Bertz CT molecular complexity index is 807. The molecule has 5 heteroatoms. The van der Waals surface area contributed by atoms with Crippen LogP contribution >= 0.6 is 0 Å². The second-order valence-electron chi connectivity index (χ2n) is 6.62. The van der Waals surface area contributed by atoms with E-state index in [-0.39, 0.29) is 12.2 Å². The number of pyridine rings is 1. The van der Waals surface area contributed by atoms with Crippen molar-refractivity contribution >= 4 is 15.6 Å². The molecule has 1 aromatic carbocycles. The lowest BCUT2D eigenvalue weighted by molar-refractivity contribution is -0.120. The normalized spacial score (nSPS) is 12.4. The molecule has 0 aliphatic carbocycles. The smallest absolute Gasteiger partial charge is 0.164 e. The predicted molar refractivity (Wildman–Crippen MR) is 96.5 cm³/mol. The summed E-state index contributed by atoms with van der Waals surface area (Å²) in [7, 11) is -3.52. The van der Waals surface area contributed by atoms with Crippen molar-refractivity contribution in [2.24, 2.45) is 0 Å². The predicted octanol–water partition coefficient (Wildman–Crippen LogP) is 3.46. The maximum Gasteiger partial charge on any atom is 0.164 e. The van der Waals surface area contributed by atoms with E-state index in [0.717, 1.165) is 11.3 Å². The fourth-order valence-electron chi connectivity index (χ4n) is 2.45. The molecule has 0 unspecified atom stereocenters. The molecule has 0 aliphatic rings. The lowest BCUT2D eigenvalue weighted by Gasteiger charge is -2.25. The van der Waals surface area contributed by atoms with E-state index in [0.29, 0.717) is 5.56 Å². The van der Waals surface area contributed by atoms with Crippen molar-refractivity contribution in [2.45, 2.75) is 44.1 Å². The van der Waals surface area contributed by atoms with Crippen LogP contribution in [0.4, 0.5) is 0 Å². The quantitative estimate of drug-likeness (QED) is 0.804. The fourth-order valence-corrected chi connectivity index (χ4v) is 4.02. The van der Waals surface area contributed by atoms with Crippen molar-refractivity contribution in [3.8, 4) is 11.3 Å². The van der Waals surface area contributed by atoms with E-state index < -0.39 is 19.8 Å². The van der Waals surface area contributed by atoms with Gasteiger partial charge in [-0.3, -0.25) is 9.78 Å². The van der Waals surface area contributed by atoms with Crippen LogP contribution in [-0.2, 0) is 21.1 Å². The molecule has 24 heavy (non-hydrogen) atoms. The molecule has 4 nitrogen and oxygen atoms in total. The first kappa shape index (κ1) is 18.3. The third-order valence-electron chi connectivity index (χ3n) is 4.26. The van der Waals surface area contributed by atoms with Crippen LogP contribution in [0.3, 0.4) is 0 Å². The zero-order valence-electron chi connectivity index (χ0n) is 14.5. The van der Waals surface area contributed by atoms with Gasteiger partial charge in [-0.25, -0.2) is 8.42 Å². The topological polar surface area (TPSA) is 64.1 Å². The van der Waals surface area contributed by atoms with Crippen molar-refractivity contribution in [2.75, 3.05) is 0 Å². The van der Waals surface area contributed by atoms with E-state index in [1.165, 1.54) is 13.8 Å². The van der Waals surface area contributed by atoms with E-state index in [1.807, 2.05) is 42.5 Å². The third-order valence-corrected chi connectivity index (χ3v) is 7.15. The van der Waals surface area contributed by atoms with Crippen LogP contribution in [0.1, 0.15) is 33.3 Å². The molecule has 0 saturated carbocycles. The van der Waals surface area contributed by atoms with Crippen LogP contribution < -0.4 is 0 Å². The van der Waals surface area contributed by atoms with Gasteiger partial charge in [0, 0.05) is 18.2 Å². The second-order valence-corrected chi connectivity index (χ2v) is 9.68. The molecule has 0 aliphatic heterocycles. The zero-order valence-corrected chi connectivity index (χ0v) is 15.3. The number of carbonyl (C=O) groups is 1. The van der Waals surface area contributed by atoms with Gasteiger partial charge in [0.25, 0.3) is 0 Å². The Labute approximate surface area is 143 Å². The van der Waals surface area contributed by atoms with Crippen LogP contribution in [0.5, 0.6) is 0 Å². The molecule has 0 bridgehead atoms. The van der Waals surface area contributed by atoms with E-state index in [9.17, 15) is 13.2 Å². The van der Waals surface area contributed by atoms with Crippen molar-refractivity contribution in [3.05, 3.63) is 54.2 Å². The Hall–Kier alpha value is -2.01. The van der Waals surface area contributed by atoms with Gasteiger partial charge in [0.1, 0.15) is 4.75 Å². The molecule has 0 radical (unpaired) electrons. The number of ketones is 1. The maximum absolute atomic E-state index is 12.5. The maximum atomic E-state index is 12.5. The van der Waals surface area contributed by atoms with Gasteiger partial charge in [0.15, 0.2) is 15.6 Å². The summed E-state index contributed by atoms with van der Waals surface area (Å²) in [5.41, 5.74) is 2.53. The van der Waals surface area contributed by atoms with E-state index in [1.54, 1.807) is 20.0 Å². The molecule has 0 atom stereocenters. The molecular weight excluding hydrogens is 322 g/mol. The first-order valence-corrected chi connectivity index (χ1v) is 9.48. The van der Waals surface area contributed by atoms with Crippen LogP contribution in [0.15, 0.2) is 48.7 Å². The summed E-state index contributed by atoms with van der Waals surface area (Å²) in [5, 5.41) is -0.588. The third kappa shape index (κ3) is 3.56. The summed E-state index contributed by atoms with van der Waals surface area (Å²) in [6.07, 6.45) is 1.69. The average molecular weight is 345 g/mol. The van der Waals surface area contributed by atoms with Crippen molar-refractivity contribution < 1.29 is 13.2 Å². The Morgan fingerprint density at radius 1 is 1.08 bits per heavy atom. The highest BCUT2D eigenvalue weighted by Gasteiger charge is 2.42. The molecule has 0 N–H and O–H groups in total. The van der Waals surface area contributed by atoms with Gasteiger partial charge in [0.05, 0.1) is 10.9 Å². The van der Waals surface area contributed by atoms with Gasteiger partial charge in [0.2, 0.25) is 0 Å². The molecule has 2 aromatic rings. The second kappa shape index (κ2) is 6.85. The Morgan fingerprint density at radius 3 is 2.21 bits per heavy atom. The first-order valence-electron chi connectivity index (χ1n) is 7.93. The molecule has 0 fully saturated rings. The summed E-state index contributed by atoms with van der Waals surface area (Å²) in [6.45, 7) is 6.16. The number of hydrogen-bond acceptors (Lipinski definition) is 4. The SMILES string of the molecule is CC(C)S(=O)(=O)C(C)(C)C(=O)Cc1ccc(-c2ccccc2)nc1. The number of hydrogen-bond donors (Lipinski definition) is 0. The molecule has 0 saturated heterocycles. The number of rotatable bonds is 6. The van der Waals surface area contributed by atoms with Gasteiger partial charge >= 0.3 is 0 Å². The van der Waals surface area contributed by atoms with Gasteiger partial charge in [-0.1, -0.05) is 36.4 Å². The number of sulfone groups is 1. The monoisotopic (exact) mass is 345 g/mol. The van der Waals surface area contributed by atoms with E-state index >= 15 is 0 Å². The minimum absolute atomic E-state index is 0.0566. The average Bonchev–Trinajstić information content (AvgIpc) is 2.56. The molecule has 0 spiro atoms. The minimum atomic E-state index is -3.52. The van der Waals surface area contributed by atoms with Crippen LogP contribution in [-0.4, -0.2) is 29.2 Å². The molecule has 0 amide bonds. The number of nitrogens with zero attached hydrogens (tertiary/aromatic N) is 1.